The highest BCUT2D eigenvalue weighted by atomic mass is 16.8. The summed E-state index contributed by atoms with van der Waals surface area (Å²) in [7, 11) is 0. The van der Waals surface area contributed by atoms with Crippen molar-refractivity contribution in [3.05, 3.63) is 23.3 Å². The lowest BCUT2D eigenvalue weighted by atomic mass is 9.86. The molecule has 562 valence electrons. The van der Waals surface area contributed by atoms with Crippen LogP contribution in [-0.2, 0) is 61.6 Å². The number of rotatable bonds is 22. The van der Waals surface area contributed by atoms with Gasteiger partial charge in [0.25, 0.3) is 0 Å². The average molecular weight is 1420 g/mol. The van der Waals surface area contributed by atoms with Gasteiger partial charge < -0.3 is 194 Å². The van der Waals surface area contributed by atoms with E-state index < -0.39 is 303 Å². The van der Waals surface area contributed by atoms with Gasteiger partial charge in [-0.3, -0.25) is 10.6 Å². The molecule has 28 N–H and O–H groups in total. The molecule has 7 fully saturated rings. The van der Waals surface area contributed by atoms with Gasteiger partial charge in [-0.05, 0) is 31.9 Å². The van der Waals surface area contributed by atoms with Gasteiger partial charge in [0.05, 0.1) is 70.0 Å². The van der Waals surface area contributed by atoms with Crippen molar-refractivity contribution in [2.75, 3.05) is 39.6 Å². The van der Waals surface area contributed by atoms with Crippen molar-refractivity contribution in [2.45, 2.75) is 284 Å². The third-order valence-corrected chi connectivity index (χ3v) is 19.2. The quantitative estimate of drug-likeness (QED) is 0.0448. The maximum atomic E-state index is 11.5. The number of aliphatic hydroxyl groups is 26. The summed E-state index contributed by atoms with van der Waals surface area (Å²) in [4.78, 5) is 0. The van der Waals surface area contributed by atoms with Crippen LogP contribution in [-0.4, -0.2) is 436 Å². The molecule has 0 unspecified atom stereocenters. The SMILES string of the molecule is C[C@H]1O[C@H](O[C@H]2[C@H](O)[C@@H](O)[C@@H](N[C@H]3C=C(CO)[C@@H](O[C@H]4[C@H](O)[C@@H](O)[C@@H](O[C@H]5[C@H](O)[C@@H](O)[C@@H](N[C@H]6C=C(CO)[C@@H](O[C@H]7[C@H](O)[C@@H](O)[C@@H](O[C@H]8[C@H](O)[C@@H](O)[C@@H](O[C@H]9[C@H](O)[C@@H](O)[C@H](O)O[C@@H]9CO)O[C@@H]8CO)O[C@@H]7C)[C@H](O)[C@H]6O)O[C@@H]5CO)O[C@@H]4C)[C@H](O)[C@H]3O)O[C@@H]2CO)[C@H](O)[C@@H](O)[C@@H]1O. The van der Waals surface area contributed by atoms with Gasteiger partial charge in [0.1, 0.15) is 202 Å². The highest BCUT2D eigenvalue weighted by Gasteiger charge is 2.58. The fraction of sp³-hybridized carbons (Fsp3) is 0.929. The molecule has 97 heavy (non-hydrogen) atoms. The third kappa shape index (κ3) is 16.1. The first-order chi connectivity index (χ1) is 45.9. The van der Waals surface area contributed by atoms with Crippen molar-refractivity contribution in [3.63, 3.8) is 0 Å². The van der Waals surface area contributed by atoms with Crippen LogP contribution in [0.5, 0.6) is 0 Å². The first kappa shape index (κ1) is 79.0. The minimum absolute atomic E-state index is 0.139. The summed E-state index contributed by atoms with van der Waals surface area (Å²) < 4.78 is 74.1. The number of aliphatic hydroxyl groups excluding tert-OH is 26. The first-order valence-electron chi connectivity index (χ1n) is 31.6. The number of hydrogen-bond acceptors (Lipinski definition) is 41. The summed E-state index contributed by atoms with van der Waals surface area (Å²) in [6.07, 6.45) is -70.3. The van der Waals surface area contributed by atoms with Gasteiger partial charge in [-0.25, -0.2) is 0 Å². The van der Waals surface area contributed by atoms with Gasteiger partial charge in [-0.15, -0.1) is 0 Å². The molecular formula is C56H94N2O39. The Balaban J connectivity index is 0.776. The maximum absolute atomic E-state index is 11.5. The van der Waals surface area contributed by atoms with E-state index in [9.17, 15) is 133 Å². The van der Waals surface area contributed by atoms with E-state index >= 15 is 0 Å². The van der Waals surface area contributed by atoms with E-state index in [2.05, 4.69) is 10.6 Å². The van der Waals surface area contributed by atoms with E-state index in [0.717, 1.165) is 6.08 Å². The summed E-state index contributed by atoms with van der Waals surface area (Å²) in [5.41, 5.74) is -0.310. The molecule has 0 bridgehead atoms. The van der Waals surface area contributed by atoms with Crippen LogP contribution in [0, 0.1) is 0 Å². The molecule has 0 aromatic heterocycles. The molecule has 0 spiro atoms. The molecule has 0 saturated carbocycles. The van der Waals surface area contributed by atoms with Crippen LogP contribution in [0.25, 0.3) is 0 Å². The molecular weight excluding hydrogens is 1320 g/mol. The maximum Gasteiger partial charge on any atom is 0.187 e. The van der Waals surface area contributed by atoms with Gasteiger partial charge in [0.15, 0.2) is 31.5 Å². The zero-order valence-electron chi connectivity index (χ0n) is 52.2. The summed E-state index contributed by atoms with van der Waals surface area (Å²) in [6, 6.07) is -2.88. The second kappa shape index (κ2) is 33.3. The average Bonchev–Trinajstić information content (AvgIpc) is 0.793. The van der Waals surface area contributed by atoms with E-state index in [1.807, 2.05) is 0 Å². The normalized spacial score (nSPS) is 53.3. The fourth-order valence-corrected chi connectivity index (χ4v) is 13.4. The molecule has 7 heterocycles. The minimum atomic E-state index is -2.09. The summed E-state index contributed by atoms with van der Waals surface area (Å²) >= 11 is 0. The summed E-state index contributed by atoms with van der Waals surface area (Å²) in [6.45, 7) is -1.40. The number of hydrogen-bond donors (Lipinski definition) is 28. The fourth-order valence-electron chi connectivity index (χ4n) is 13.4. The van der Waals surface area contributed by atoms with Crippen LogP contribution in [0.1, 0.15) is 20.8 Å². The van der Waals surface area contributed by atoms with Gasteiger partial charge >= 0.3 is 0 Å². The number of nitrogens with one attached hydrogen (secondary N) is 2. The predicted molar refractivity (Wildman–Crippen MR) is 303 cm³/mol. The topological polar surface area (TPSA) is 670 Å². The Kier molecular flexibility index (Phi) is 27.1. The largest absolute Gasteiger partial charge is 0.394 e. The highest BCUT2D eigenvalue weighted by molar-refractivity contribution is 5.24. The van der Waals surface area contributed by atoms with E-state index in [1.54, 1.807) is 0 Å². The molecule has 0 amide bonds. The van der Waals surface area contributed by atoms with Crippen molar-refractivity contribution < 1.29 is 194 Å². The van der Waals surface area contributed by atoms with E-state index in [-0.39, 0.29) is 11.1 Å². The molecule has 9 aliphatic rings. The van der Waals surface area contributed by atoms with Crippen molar-refractivity contribution >= 4 is 0 Å². The predicted octanol–water partition coefficient (Wildman–Crippen LogP) is -17.2. The third-order valence-electron chi connectivity index (χ3n) is 19.2. The Morgan fingerprint density at radius 2 is 0.588 bits per heavy atom. The van der Waals surface area contributed by atoms with Crippen LogP contribution >= 0.6 is 0 Å². The molecule has 0 radical (unpaired) electrons. The van der Waals surface area contributed by atoms with Crippen molar-refractivity contribution in [3.8, 4) is 0 Å². The molecule has 41 nitrogen and oxygen atoms in total. The smallest absolute Gasteiger partial charge is 0.187 e. The van der Waals surface area contributed by atoms with E-state index in [1.165, 1.54) is 26.8 Å². The summed E-state index contributed by atoms with van der Waals surface area (Å²) in [5.74, 6) is 0. The molecule has 43 atom stereocenters. The molecule has 9 rings (SSSR count). The lowest BCUT2D eigenvalue weighted by Gasteiger charge is -2.49. The van der Waals surface area contributed by atoms with Crippen molar-refractivity contribution in [1.82, 2.24) is 10.6 Å². The molecule has 41 heteroatoms. The molecule has 0 aromatic carbocycles. The lowest BCUT2D eigenvalue weighted by Crippen LogP contribution is -2.69. The second-order valence-electron chi connectivity index (χ2n) is 25.6. The Bertz CT molecular complexity index is 2540. The van der Waals surface area contributed by atoms with Gasteiger partial charge in [0, 0.05) is 0 Å². The highest BCUT2D eigenvalue weighted by Crippen LogP contribution is 2.38. The van der Waals surface area contributed by atoms with Gasteiger partial charge in [-0.2, -0.15) is 0 Å². The monoisotopic (exact) mass is 1420 g/mol. The number of ether oxygens (including phenoxy) is 13. The zero-order valence-corrected chi connectivity index (χ0v) is 52.2. The van der Waals surface area contributed by atoms with Crippen molar-refractivity contribution in [1.29, 1.82) is 0 Å². The van der Waals surface area contributed by atoms with Crippen LogP contribution < -0.4 is 10.6 Å². The van der Waals surface area contributed by atoms with Crippen LogP contribution in [0.2, 0.25) is 0 Å². The van der Waals surface area contributed by atoms with Crippen molar-refractivity contribution in [2.24, 2.45) is 0 Å². The standard InChI is InChI=1S/C56H94N2O39/c1-12-23(65)26(68)38(80)53(85-12)94-46-19(8-61)88-50(35(77)29(46)71)57-17-4-15(6-59)44(27(69)24(17)66)92-42-13(2)86-54(39(81)32(42)74)95-47-20(9-62)89-51(36(78)30(47)72)58-18-5-16(7-60)45(28(70)25(18)67)93-43-14(3)87-55(40(82)33(43)75)96-49-22(11-64)91-56(41(83)34(49)76)97-48-21(10-63)90-52(84)37(79)31(48)73/h4-5,12-14,17-84H,6-11H2,1-3H3/t12-,13-,14-,17+,18+,19-,20-,21-,22-,23-,24+,25+,26+,27-,28-,29-,30-,31-,32-,33-,34-,35-,36-,37-,38-,39-,40-,41-,42-,43-,44-,45-,46-,47-,48-,49-,50+,51+,52-,53-,54-,55-,56-/m1/s1. The Hall–Kier alpha value is -2.16. The first-order valence-corrected chi connectivity index (χ1v) is 31.6. The Labute approximate surface area is 551 Å². The zero-order chi connectivity index (χ0) is 71.2. The molecule has 2 aliphatic carbocycles. The van der Waals surface area contributed by atoms with Crippen LogP contribution in [0.4, 0.5) is 0 Å². The summed E-state index contributed by atoms with van der Waals surface area (Å²) in [5, 5.41) is 287. The van der Waals surface area contributed by atoms with E-state index in [4.69, 9.17) is 61.6 Å². The van der Waals surface area contributed by atoms with Crippen LogP contribution in [0.15, 0.2) is 23.3 Å². The van der Waals surface area contributed by atoms with Gasteiger partial charge in [0.2, 0.25) is 0 Å². The minimum Gasteiger partial charge on any atom is -0.394 e. The van der Waals surface area contributed by atoms with Crippen LogP contribution in [0.3, 0.4) is 0 Å². The molecule has 7 aliphatic heterocycles. The molecule has 7 saturated heterocycles. The Morgan fingerprint density at radius 3 is 0.948 bits per heavy atom. The van der Waals surface area contributed by atoms with E-state index in [0.29, 0.717) is 0 Å². The van der Waals surface area contributed by atoms with Gasteiger partial charge in [-0.1, -0.05) is 12.2 Å². The lowest BCUT2D eigenvalue weighted by molar-refractivity contribution is -0.378. The second-order valence-corrected chi connectivity index (χ2v) is 25.6. The molecule has 0 aromatic rings. The Morgan fingerprint density at radius 1 is 0.289 bits per heavy atom.